The smallest absolute Gasteiger partial charge is 0.248 e. The minimum absolute atomic E-state index is 0.366. The predicted octanol–water partition coefficient (Wildman–Crippen LogP) is 2.90. The first-order chi connectivity index (χ1) is 11.7. The van der Waals surface area contributed by atoms with Gasteiger partial charge >= 0.3 is 0 Å². The number of carbonyl (C=O) groups excluding carboxylic acids is 1. The van der Waals surface area contributed by atoms with Crippen molar-refractivity contribution in [1.82, 2.24) is 4.90 Å². The van der Waals surface area contributed by atoms with Gasteiger partial charge in [-0.3, -0.25) is 4.79 Å². The maximum absolute atomic E-state index is 11.1. The number of likely N-dealkylation sites (tertiary alicyclic amines) is 1. The Labute approximate surface area is 143 Å². The normalized spacial score (nSPS) is 16.0. The molecule has 1 aliphatic rings. The highest BCUT2D eigenvalue weighted by molar-refractivity contribution is 5.92. The zero-order chi connectivity index (χ0) is 16.8. The average molecular weight is 323 g/mol. The summed E-state index contributed by atoms with van der Waals surface area (Å²) in [6, 6.07) is 18.6. The number of benzene rings is 2. The number of para-hydroxylation sites is 1. The molecule has 1 saturated heterocycles. The highest BCUT2D eigenvalue weighted by atomic mass is 16.1. The molecule has 3 rings (SSSR count). The van der Waals surface area contributed by atoms with E-state index < -0.39 is 0 Å². The van der Waals surface area contributed by atoms with Gasteiger partial charge in [0.1, 0.15) is 0 Å². The summed E-state index contributed by atoms with van der Waals surface area (Å²) in [5.74, 6) is -0.366. The van der Waals surface area contributed by atoms with E-state index in [-0.39, 0.29) is 5.91 Å². The highest BCUT2D eigenvalue weighted by Crippen LogP contribution is 2.17. The van der Waals surface area contributed by atoms with E-state index in [4.69, 9.17) is 5.73 Å². The molecule has 1 fully saturated rings. The van der Waals surface area contributed by atoms with Crippen LogP contribution in [0.4, 0.5) is 5.69 Å². The van der Waals surface area contributed by atoms with Crippen molar-refractivity contribution < 1.29 is 4.79 Å². The van der Waals surface area contributed by atoms with Crippen molar-refractivity contribution in [2.24, 2.45) is 5.73 Å². The van der Waals surface area contributed by atoms with Crippen LogP contribution in [0.1, 0.15) is 28.8 Å². The Morgan fingerprint density at radius 1 is 1.04 bits per heavy atom. The second-order valence-electron chi connectivity index (χ2n) is 6.44. The quantitative estimate of drug-likeness (QED) is 0.859. The molecule has 0 atom stereocenters. The third kappa shape index (κ3) is 4.59. The number of anilines is 1. The van der Waals surface area contributed by atoms with Gasteiger partial charge < -0.3 is 16.0 Å². The molecule has 1 aliphatic heterocycles. The van der Waals surface area contributed by atoms with Gasteiger partial charge in [0.2, 0.25) is 5.91 Å². The number of amides is 1. The fourth-order valence-corrected chi connectivity index (χ4v) is 3.19. The van der Waals surface area contributed by atoms with Gasteiger partial charge in [0.15, 0.2) is 0 Å². The average Bonchev–Trinajstić information content (AvgIpc) is 2.62. The molecular formula is C20H25N3O. The van der Waals surface area contributed by atoms with Crippen LogP contribution < -0.4 is 11.1 Å². The van der Waals surface area contributed by atoms with Crippen molar-refractivity contribution in [3.63, 3.8) is 0 Å². The zero-order valence-electron chi connectivity index (χ0n) is 13.9. The number of nitrogens with two attached hydrogens (primary N) is 1. The Morgan fingerprint density at radius 3 is 2.33 bits per heavy atom. The minimum Gasteiger partial charge on any atom is -0.382 e. The molecule has 0 aliphatic carbocycles. The van der Waals surface area contributed by atoms with Gasteiger partial charge in [-0.25, -0.2) is 0 Å². The standard InChI is InChI=1S/C20H25N3O/c21-20(24)17-8-6-16(7-9-17)10-13-23-14-11-19(12-15-23)22-18-4-2-1-3-5-18/h1-9,19,22H,10-15H2,(H2,21,24). The molecular weight excluding hydrogens is 298 g/mol. The molecule has 1 heterocycles. The van der Waals surface area contributed by atoms with E-state index in [1.54, 1.807) is 0 Å². The lowest BCUT2D eigenvalue weighted by Crippen LogP contribution is -2.40. The number of nitrogens with zero attached hydrogens (tertiary/aromatic N) is 1. The van der Waals surface area contributed by atoms with Gasteiger partial charge in [-0.15, -0.1) is 0 Å². The Morgan fingerprint density at radius 2 is 1.71 bits per heavy atom. The lowest BCUT2D eigenvalue weighted by Gasteiger charge is -2.32. The molecule has 0 bridgehead atoms. The second kappa shape index (κ2) is 7.97. The molecule has 3 N–H and O–H groups in total. The Kier molecular flexibility index (Phi) is 5.49. The summed E-state index contributed by atoms with van der Waals surface area (Å²) in [4.78, 5) is 13.6. The van der Waals surface area contributed by atoms with Crippen LogP contribution in [0.15, 0.2) is 54.6 Å². The summed E-state index contributed by atoms with van der Waals surface area (Å²) in [5, 5.41) is 3.62. The number of piperidine rings is 1. The van der Waals surface area contributed by atoms with Crippen LogP contribution in [0.2, 0.25) is 0 Å². The lowest BCUT2D eigenvalue weighted by atomic mass is 10.0. The van der Waals surface area contributed by atoms with Crippen molar-refractivity contribution in [3.05, 3.63) is 65.7 Å². The van der Waals surface area contributed by atoms with Crippen LogP contribution in [0.25, 0.3) is 0 Å². The Bertz CT molecular complexity index is 646. The van der Waals surface area contributed by atoms with Crippen molar-refractivity contribution >= 4 is 11.6 Å². The van der Waals surface area contributed by atoms with Crippen molar-refractivity contribution in [2.75, 3.05) is 25.0 Å². The summed E-state index contributed by atoms with van der Waals surface area (Å²) >= 11 is 0. The number of primary amides is 1. The third-order valence-corrected chi connectivity index (χ3v) is 4.69. The van der Waals surface area contributed by atoms with Gasteiger partial charge in [-0.1, -0.05) is 30.3 Å². The molecule has 2 aromatic rings. The number of carbonyl (C=O) groups is 1. The second-order valence-corrected chi connectivity index (χ2v) is 6.44. The van der Waals surface area contributed by atoms with Crippen LogP contribution in [0.5, 0.6) is 0 Å². The summed E-state index contributed by atoms with van der Waals surface area (Å²) in [6.07, 6.45) is 3.36. The first-order valence-electron chi connectivity index (χ1n) is 8.63. The Hall–Kier alpha value is -2.33. The first-order valence-corrected chi connectivity index (χ1v) is 8.63. The van der Waals surface area contributed by atoms with Gasteiger partial charge in [0, 0.05) is 36.9 Å². The van der Waals surface area contributed by atoms with Crippen LogP contribution in [-0.4, -0.2) is 36.5 Å². The van der Waals surface area contributed by atoms with Crippen LogP contribution in [-0.2, 0) is 6.42 Å². The molecule has 0 radical (unpaired) electrons. The number of rotatable bonds is 6. The molecule has 0 unspecified atom stereocenters. The number of hydrogen-bond donors (Lipinski definition) is 2. The molecule has 24 heavy (non-hydrogen) atoms. The fourth-order valence-electron chi connectivity index (χ4n) is 3.19. The zero-order valence-corrected chi connectivity index (χ0v) is 13.9. The van der Waals surface area contributed by atoms with Gasteiger partial charge in [-0.05, 0) is 49.1 Å². The number of nitrogens with one attached hydrogen (secondary N) is 1. The monoisotopic (exact) mass is 323 g/mol. The largest absolute Gasteiger partial charge is 0.382 e. The van der Waals surface area contributed by atoms with E-state index in [0.717, 1.165) is 26.1 Å². The number of hydrogen-bond acceptors (Lipinski definition) is 3. The summed E-state index contributed by atoms with van der Waals surface area (Å²) in [7, 11) is 0. The fraction of sp³-hybridized carbons (Fsp3) is 0.350. The maximum atomic E-state index is 11.1. The van der Waals surface area contributed by atoms with E-state index >= 15 is 0 Å². The van der Waals surface area contributed by atoms with Gasteiger partial charge in [-0.2, -0.15) is 0 Å². The molecule has 0 saturated carbocycles. The van der Waals surface area contributed by atoms with Crippen LogP contribution in [0, 0.1) is 0 Å². The highest BCUT2D eigenvalue weighted by Gasteiger charge is 2.18. The van der Waals surface area contributed by atoms with E-state index in [1.807, 2.05) is 30.3 Å². The van der Waals surface area contributed by atoms with Gasteiger partial charge in [0.25, 0.3) is 0 Å². The van der Waals surface area contributed by atoms with Crippen molar-refractivity contribution in [2.45, 2.75) is 25.3 Å². The molecule has 2 aromatic carbocycles. The maximum Gasteiger partial charge on any atom is 0.248 e. The summed E-state index contributed by atoms with van der Waals surface area (Å²) in [6.45, 7) is 3.32. The van der Waals surface area contributed by atoms with E-state index in [2.05, 4.69) is 34.5 Å². The molecule has 4 nitrogen and oxygen atoms in total. The van der Waals surface area contributed by atoms with Crippen LogP contribution in [0.3, 0.4) is 0 Å². The minimum atomic E-state index is -0.366. The topological polar surface area (TPSA) is 58.4 Å². The molecule has 126 valence electrons. The van der Waals surface area contributed by atoms with E-state index in [0.29, 0.717) is 11.6 Å². The molecule has 1 amide bonds. The Balaban J connectivity index is 1.41. The van der Waals surface area contributed by atoms with Crippen molar-refractivity contribution in [3.8, 4) is 0 Å². The van der Waals surface area contributed by atoms with Crippen LogP contribution >= 0.6 is 0 Å². The molecule has 0 aromatic heterocycles. The lowest BCUT2D eigenvalue weighted by molar-refractivity contribution is 0.100. The van der Waals surface area contributed by atoms with E-state index in [9.17, 15) is 4.79 Å². The predicted molar refractivity (Wildman–Crippen MR) is 98.2 cm³/mol. The van der Waals surface area contributed by atoms with E-state index in [1.165, 1.54) is 24.1 Å². The third-order valence-electron chi connectivity index (χ3n) is 4.69. The molecule has 0 spiro atoms. The summed E-state index contributed by atoms with van der Waals surface area (Å²) in [5.41, 5.74) is 8.31. The first kappa shape index (κ1) is 16.5. The molecule has 4 heteroatoms. The van der Waals surface area contributed by atoms with Gasteiger partial charge in [0.05, 0.1) is 0 Å². The summed E-state index contributed by atoms with van der Waals surface area (Å²) < 4.78 is 0. The SMILES string of the molecule is NC(=O)c1ccc(CCN2CCC(Nc3ccccc3)CC2)cc1. The van der Waals surface area contributed by atoms with Crippen molar-refractivity contribution in [1.29, 1.82) is 0 Å².